The third-order valence-corrected chi connectivity index (χ3v) is 4.82. The topological polar surface area (TPSA) is 63.2 Å². The van der Waals surface area contributed by atoms with Crippen molar-refractivity contribution in [2.75, 3.05) is 5.32 Å². The molecule has 1 saturated carbocycles. The Hall–Kier alpha value is -1.04. The van der Waals surface area contributed by atoms with Gasteiger partial charge in [0.15, 0.2) is 10.7 Å². The van der Waals surface area contributed by atoms with Gasteiger partial charge >= 0.3 is 0 Å². The smallest absolute Gasteiger partial charge is 0.228 e. The summed E-state index contributed by atoms with van der Waals surface area (Å²) < 4.78 is 21.8. The maximum absolute atomic E-state index is 12.3. The molecule has 21 heavy (non-hydrogen) atoms. The quantitative estimate of drug-likeness (QED) is 0.822. The number of carbonyl (C=O) groups is 1. The van der Waals surface area contributed by atoms with Gasteiger partial charge in [0.2, 0.25) is 5.91 Å². The van der Waals surface area contributed by atoms with Crippen molar-refractivity contribution >= 4 is 45.5 Å². The lowest BCUT2D eigenvalue weighted by atomic mass is 10.1. The number of hydrogen-bond acceptors (Lipinski definition) is 3. The Morgan fingerprint density at radius 3 is 2.29 bits per heavy atom. The number of nitrogens with one attached hydrogen (secondary N) is 1. The summed E-state index contributed by atoms with van der Waals surface area (Å²) in [5, 5.41) is 2.78. The van der Waals surface area contributed by atoms with Crippen molar-refractivity contribution in [1.82, 2.24) is 0 Å². The number of carbonyl (C=O) groups excluding carboxylic acids is 1. The zero-order valence-electron chi connectivity index (χ0n) is 11.5. The third-order valence-electron chi connectivity index (χ3n) is 3.84. The van der Waals surface area contributed by atoms with Gasteiger partial charge in [0.25, 0.3) is 0 Å². The van der Waals surface area contributed by atoms with Gasteiger partial charge in [0.1, 0.15) is 4.49 Å². The molecule has 0 aliphatic heterocycles. The van der Waals surface area contributed by atoms with Crippen LogP contribution >= 0.6 is 23.2 Å². The standard InChI is InChI=1S/C14H15Cl2NO3S/c1-14(2)10(7-11(15)16)12(14)13(18)17-8-3-5-9(6-4-8)21(19)20/h3-7,10,12,21H,1-2H3,(H,17,18). The predicted octanol–water partition coefficient (Wildman–Crippen LogP) is 3.19. The minimum atomic E-state index is -2.61. The fraction of sp³-hybridized carbons (Fsp3) is 0.357. The summed E-state index contributed by atoms with van der Waals surface area (Å²) in [5.41, 5.74) is 0.361. The summed E-state index contributed by atoms with van der Waals surface area (Å²) in [5.74, 6) is -0.339. The zero-order chi connectivity index (χ0) is 15.8. The minimum absolute atomic E-state index is 0.00195. The molecule has 2 unspecified atom stereocenters. The maximum Gasteiger partial charge on any atom is 0.228 e. The lowest BCUT2D eigenvalue weighted by Gasteiger charge is -2.06. The number of hydrogen-bond donors (Lipinski definition) is 2. The number of benzene rings is 1. The number of amides is 1. The Kier molecular flexibility index (Phi) is 4.66. The van der Waals surface area contributed by atoms with Gasteiger partial charge < -0.3 is 5.32 Å². The van der Waals surface area contributed by atoms with Crippen LogP contribution in [0.4, 0.5) is 5.69 Å². The molecule has 1 N–H and O–H groups in total. The van der Waals surface area contributed by atoms with Crippen LogP contribution in [0.25, 0.3) is 0 Å². The van der Waals surface area contributed by atoms with Crippen LogP contribution in [0.15, 0.2) is 39.7 Å². The lowest BCUT2D eigenvalue weighted by Crippen LogP contribution is -2.16. The summed E-state index contributed by atoms with van der Waals surface area (Å²) in [6.45, 7) is 3.95. The predicted molar refractivity (Wildman–Crippen MR) is 84.2 cm³/mol. The Morgan fingerprint density at radius 1 is 1.24 bits per heavy atom. The summed E-state index contributed by atoms with van der Waals surface area (Å²) >= 11 is 11.3. The molecule has 1 aromatic rings. The van der Waals surface area contributed by atoms with Gasteiger partial charge in [-0.1, -0.05) is 37.0 Å². The van der Waals surface area contributed by atoms with E-state index in [-0.39, 0.29) is 32.5 Å². The summed E-state index contributed by atoms with van der Waals surface area (Å²) in [7, 11) is -2.61. The van der Waals surface area contributed by atoms with Crippen molar-refractivity contribution < 1.29 is 13.2 Å². The van der Waals surface area contributed by atoms with E-state index in [2.05, 4.69) is 5.32 Å². The Balaban J connectivity index is 2.07. The first-order valence-corrected chi connectivity index (χ1v) is 8.25. The molecule has 1 aliphatic rings. The molecule has 4 nitrogen and oxygen atoms in total. The van der Waals surface area contributed by atoms with Crippen LogP contribution < -0.4 is 5.32 Å². The van der Waals surface area contributed by atoms with Crippen molar-refractivity contribution in [3.8, 4) is 0 Å². The molecule has 1 aromatic carbocycles. The SMILES string of the molecule is CC1(C)C(C=C(Cl)Cl)C1C(=O)Nc1ccc([SH](=O)=O)cc1. The molecular formula is C14H15Cl2NO3S. The molecule has 1 amide bonds. The fourth-order valence-corrected chi connectivity index (χ4v) is 3.18. The van der Waals surface area contributed by atoms with Crippen LogP contribution in [-0.2, 0) is 15.5 Å². The van der Waals surface area contributed by atoms with E-state index in [4.69, 9.17) is 23.2 Å². The van der Waals surface area contributed by atoms with Crippen LogP contribution in [0.3, 0.4) is 0 Å². The van der Waals surface area contributed by atoms with E-state index in [1.807, 2.05) is 13.8 Å². The van der Waals surface area contributed by atoms with Crippen molar-refractivity contribution in [2.24, 2.45) is 17.3 Å². The first-order valence-electron chi connectivity index (χ1n) is 6.31. The molecule has 1 fully saturated rings. The number of rotatable bonds is 4. The molecule has 2 rings (SSSR count). The average molecular weight is 348 g/mol. The van der Waals surface area contributed by atoms with Gasteiger partial charge in [-0.15, -0.1) is 0 Å². The molecule has 1 aliphatic carbocycles. The minimum Gasteiger partial charge on any atom is -0.326 e. The highest BCUT2D eigenvalue weighted by molar-refractivity contribution is 7.72. The van der Waals surface area contributed by atoms with E-state index >= 15 is 0 Å². The number of thiol groups is 1. The molecule has 0 aromatic heterocycles. The second-order valence-electron chi connectivity index (χ2n) is 5.57. The number of halogens is 2. The average Bonchev–Trinajstić information content (AvgIpc) is 2.90. The molecule has 0 saturated heterocycles. The zero-order valence-corrected chi connectivity index (χ0v) is 13.9. The number of anilines is 1. The van der Waals surface area contributed by atoms with Crippen LogP contribution in [-0.4, -0.2) is 14.3 Å². The van der Waals surface area contributed by atoms with Gasteiger partial charge in [0, 0.05) is 5.69 Å². The van der Waals surface area contributed by atoms with Crippen molar-refractivity contribution in [2.45, 2.75) is 18.7 Å². The first kappa shape index (κ1) is 16.3. The van der Waals surface area contributed by atoms with Gasteiger partial charge in [-0.3, -0.25) is 4.79 Å². The van der Waals surface area contributed by atoms with Crippen molar-refractivity contribution in [1.29, 1.82) is 0 Å². The fourth-order valence-electron chi connectivity index (χ4n) is 2.51. The van der Waals surface area contributed by atoms with Crippen LogP contribution in [0, 0.1) is 17.3 Å². The second kappa shape index (κ2) is 5.99. The molecule has 7 heteroatoms. The van der Waals surface area contributed by atoms with Crippen LogP contribution in [0.1, 0.15) is 13.8 Å². The highest BCUT2D eigenvalue weighted by Crippen LogP contribution is 2.59. The summed E-state index contributed by atoms with van der Waals surface area (Å²) in [6, 6.07) is 6.03. The normalized spacial score (nSPS) is 22.7. The molecule has 2 atom stereocenters. The van der Waals surface area contributed by atoms with Crippen LogP contribution in [0.5, 0.6) is 0 Å². The van der Waals surface area contributed by atoms with Crippen molar-refractivity contribution in [3.63, 3.8) is 0 Å². The van der Waals surface area contributed by atoms with E-state index < -0.39 is 10.7 Å². The highest BCUT2D eigenvalue weighted by atomic mass is 35.5. The van der Waals surface area contributed by atoms with Crippen molar-refractivity contribution in [3.05, 3.63) is 34.8 Å². The molecule has 0 spiro atoms. The second-order valence-corrected chi connectivity index (χ2v) is 7.61. The van der Waals surface area contributed by atoms with Crippen LogP contribution in [0.2, 0.25) is 0 Å². The maximum atomic E-state index is 12.3. The van der Waals surface area contributed by atoms with E-state index in [1.54, 1.807) is 18.2 Å². The molecule has 0 bridgehead atoms. The Bertz CT molecular complexity index is 653. The van der Waals surface area contributed by atoms with Gasteiger partial charge in [-0.2, -0.15) is 0 Å². The highest BCUT2D eigenvalue weighted by Gasteiger charge is 2.60. The molecular weight excluding hydrogens is 333 g/mol. The van der Waals surface area contributed by atoms with Gasteiger partial charge in [-0.05, 0) is 41.7 Å². The largest absolute Gasteiger partial charge is 0.326 e. The lowest BCUT2D eigenvalue weighted by molar-refractivity contribution is -0.118. The van der Waals surface area contributed by atoms with Gasteiger partial charge in [-0.25, -0.2) is 8.42 Å². The molecule has 114 valence electrons. The molecule has 0 heterocycles. The van der Waals surface area contributed by atoms with E-state index in [0.29, 0.717) is 5.69 Å². The van der Waals surface area contributed by atoms with E-state index in [9.17, 15) is 13.2 Å². The van der Waals surface area contributed by atoms with E-state index in [0.717, 1.165) is 0 Å². The van der Waals surface area contributed by atoms with Gasteiger partial charge in [0.05, 0.1) is 10.8 Å². The third kappa shape index (κ3) is 3.59. The summed E-state index contributed by atoms with van der Waals surface area (Å²) in [4.78, 5) is 12.5. The Morgan fingerprint density at radius 2 is 1.81 bits per heavy atom. The first-order chi connectivity index (χ1) is 9.73. The summed E-state index contributed by atoms with van der Waals surface area (Å²) in [6.07, 6.45) is 1.68. The monoisotopic (exact) mass is 347 g/mol. The molecule has 0 radical (unpaired) electrons. The Labute approximate surface area is 135 Å². The number of allylic oxidation sites excluding steroid dienone is 1. The van der Waals surface area contributed by atoms with E-state index in [1.165, 1.54) is 12.1 Å².